The number of hydrogen-bond acceptors (Lipinski definition) is 2. The second kappa shape index (κ2) is 5.69. The summed E-state index contributed by atoms with van der Waals surface area (Å²) in [6.07, 6.45) is 4.67. The van der Waals surface area contributed by atoms with Crippen LogP contribution in [-0.4, -0.2) is 28.9 Å². The third-order valence-electron chi connectivity index (χ3n) is 3.09. The Hall–Kier alpha value is -2.10. The molecule has 1 aliphatic rings. The molecule has 0 aromatic heterocycles. The minimum absolute atomic E-state index is 0.200. The molecular weight excluding hydrogens is 242 g/mol. The van der Waals surface area contributed by atoms with Crippen molar-refractivity contribution in [3.63, 3.8) is 0 Å². The van der Waals surface area contributed by atoms with Crippen molar-refractivity contribution >= 4 is 18.0 Å². The van der Waals surface area contributed by atoms with E-state index in [1.54, 1.807) is 18.0 Å². The molecule has 4 heteroatoms. The number of carbonyl (C=O) groups excluding carboxylic acids is 1. The molecule has 2 rings (SSSR count). The van der Waals surface area contributed by atoms with Crippen LogP contribution >= 0.6 is 0 Å². The number of carboxylic acids is 1. The predicted octanol–water partition coefficient (Wildman–Crippen LogP) is 2.15. The molecule has 0 aliphatic heterocycles. The fourth-order valence-corrected chi connectivity index (χ4v) is 1.96. The maximum atomic E-state index is 11.8. The van der Waals surface area contributed by atoms with Gasteiger partial charge in [0.25, 0.3) is 0 Å². The first-order chi connectivity index (χ1) is 9.06. The number of amides is 1. The van der Waals surface area contributed by atoms with Crippen molar-refractivity contribution < 1.29 is 14.7 Å². The third-order valence-corrected chi connectivity index (χ3v) is 3.09. The molecule has 19 heavy (non-hydrogen) atoms. The number of aliphatic carboxylic acids is 1. The molecule has 0 atom stereocenters. The van der Waals surface area contributed by atoms with E-state index in [1.807, 2.05) is 24.3 Å². The van der Waals surface area contributed by atoms with Gasteiger partial charge in [0.2, 0.25) is 5.91 Å². The zero-order valence-corrected chi connectivity index (χ0v) is 10.9. The largest absolute Gasteiger partial charge is 0.478 e. The van der Waals surface area contributed by atoms with E-state index in [0.717, 1.165) is 30.0 Å². The second-order valence-corrected chi connectivity index (χ2v) is 4.89. The summed E-state index contributed by atoms with van der Waals surface area (Å²) in [5.74, 6) is -0.544. The van der Waals surface area contributed by atoms with Gasteiger partial charge in [-0.15, -0.1) is 0 Å². The van der Waals surface area contributed by atoms with Crippen LogP contribution in [0.3, 0.4) is 0 Å². The van der Waals surface area contributed by atoms with E-state index in [0.29, 0.717) is 6.54 Å². The zero-order chi connectivity index (χ0) is 13.8. The Labute approximate surface area is 112 Å². The van der Waals surface area contributed by atoms with Gasteiger partial charge >= 0.3 is 5.97 Å². The first-order valence-corrected chi connectivity index (χ1v) is 6.31. The van der Waals surface area contributed by atoms with Gasteiger partial charge in [0.05, 0.1) is 0 Å². The SMILES string of the molecule is CN(Cc1cccc(/C=C/C(=O)O)c1)C(=O)C1CC1. The van der Waals surface area contributed by atoms with Gasteiger partial charge in [0, 0.05) is 25.6 Å². The lowest BCUT2D eigenvalue weighted by Gasteiger charge is -2.17. The summed E-state index contributed by atoms with van der Waals surface area (Å²) in [5, 5.41) is 8.59. The number of hydrogen-bond donors (Lipinski definition) is 1. The molecule has 0 heterocycles. The van der Waals surface area contributed by atoms with Crippen LogP contribution in [0.4, 0.5) is 0 Å². The van der Waals surface area contributed by atoms with Crippen LogP contribution in [0.15, 0.2) is 30.3 Å². The van der Waals surface area contributed by atoms with Crippen LogP contribution in [0.25, 0.3) is 6.08 Å². The molecule has 0 spiro atoms. The lowest BCUT2D eigenvalue weighted by molar-refractivity contribution is -0.132. The molecular formula is C15H17NO3. The van der Waals surface area contributed by atoms with Gasteiger partial charge in [0.1, 0.15) is 0 Å². The summed E-state index contributed by atoms with van der Waals surface area (Å²) in [7, 11) is 1.81. The minimum Gasteiger partial charge on any atom is -0.478 e. The molecule has 1 fully saturated rings. The third kappa shape index (κ3) is 3.95. The summed E-state index contributed by atoms with van der Waals surface area (Å²) in [5.41, 5.74) is 1.83. The van der Waals surface area contributed by atoms with E-state index >= 15 is 0 Å². The van der Waals surface area contributed by atoms with Crippen LogP contribution in [0.1, 0.15) is 24.0 Å². The normalized spacial score (nSPS) is 14.6. The molecule has 1 N–H and O–H groups in total. The lowest BCUT2D eigenvalue weighted by atomic mass is 10.1. The van der Waals surface area contributed by atoms with Gasteiger partial charge in [0.15, 0.2) is 0 Å². The van der Waals surface area contributed by atoms with Gasteiger partial charge in [-0.25, -0.2) is 4.79 Å². The lowest BCUT2D eigenvalue weighted by Crippen LogP contribution is -2.27. The molecule has 4 nitrogen and oxygen atoms in total. The Balaban J connectivity index is 2.01. The standard InChI is InChI=1S/C15H17NO3/c1-16(15(19)13-6-7-13)10-12-4-2-3-11(9-12)5-8-14(17)18/h2-5,8-9,13H,6-7,10H2,1H3,(H,17,18)/b8-5+. The molecule has 1 aromatic carbocycles. The molecule has 1 aromatic rings. The van der Waals surface area contributed by atoms with Gasteiger partial charge in [-0.1, -0.05) is 18.2 Å². The fourth-order valence-electron chi connectivity index (χ4n) is 1.96. The average molecular weight is 259 g/mol. The maximum Gasteiger partial charge on any atom is 0.328 e. The first kappa shape index (κ1) is 13.3. The van der Waals surface area contributed by atoms with Gasteiger partial charge in [-0.3, -0.25) is 4.79 Å². The highest BCUT2D eigenvalue weighted by Gasteiger charge is 2.31. The first-order valence-electron chi connectivity index (χ1n) is 6.31. The van der Waals surface area contributed by atoms with Crippen molar-refractivity contribution in [2.24, 2.45) is 5.92 Å². The summed E-state index contributed by atoms with van der Waals surface area (Å²) in [6.45, 7) is 0.560. The number of rotatable bonds is 5. The smallest absolute Gasteiger partial charge is 0.328 e. The molecule has 100 valence electrons. The highest BCUT2D eigenvalue weighted by atomic mass is 16.4. The van der Waals surface area contributed by atoms with E-state index in [-0.39, 0.29) is 11.8 Å². The number of carboxylic acid groups (broad SMARTS) is 1. The Morgan fingerprint density at radius 3 is 2.79 bits per heavy atom. The van der Waals surface area contributed by atoms with Gasteiger partial charge < -0.3 is 10.0 Å². The molecule has 1 saturated carbocycles. The minimum atomic E-state index is -0.966. The molecule has 1 amide bonds. The van der Waals surface area contributed by atoms with Crippen molar-refractivity contribution in [1.82, 2.24) is 4.90 Å². The molecule has 0 saturated heterocycles. The number of benzene rings is 1. The Morgan fingerprint density at radius 2 is 2.16 bits per heavy atom. The van der Waals surface area contributed by atoms with E-state index in [9.17, 15) is 9.59 Å². The van der Waals surface area contributed by atoms with Crippen molar-refractivity contribution in [1.29, 1.82) is 0 Å². The van der Waals surface area contributed by atoms with Gasteiger partial charge in [-0.2, -0.15) is 0 Å². The van der Waals surface area contributed by atoms with E-state index in [4.69, 9.17) is 5.11 Å². The van der Waals surface area contributed by atoms with Gasteiger partial charge in [-0.05, 0) is 36.1 Å². The number of carbonyl (C=O) groups is 2. The van der Waals surface area contributed by atoms with E-state index < -0.39 is 5.97 Å². The van der Waals surface area contributed by atoms with E-state index in [2.05, 4.69) is 0 Å². The Bertz CT molecular complexity index is 518. The molecule has 1 aliphatic carbocycles. The van der Waals surface area contributed by atoms with Crippen LogP contribution in [0, 0.1) is 5.92 Å². The van der Waals surface area contributed by atoms with Crippen LogP contribution in [-0.2, 0) is 16.1 Å². The average Bonchev–Trinajstić information content (AvgIpc) is 3.20. The maximum absolute atomic E-state index is 11.8. The van der Waals surface area contributed by atoms with E-state index in [1.165, 1.54) is 0 Å². The van der Waals surface area contributed by atoms with Crippen molar-refractivity contribution in [3.8, 4) is 0 Å². The Morgan fingerprint density at radius 1 is 1.42 bits per heavy atom. The summed E-state index contributed by atoms with van der Waals surface area (Å²) < 4.78 is 0. The summed E-state index contributed by atoms with van der Waals surface area (Å²) >= 11 is 0. The predicted molar refractivity (Wildman–Crippen MR) is 72.3 cm³/mol. The summed E-state index contributed by atoms with van der Waals surface area (Å²) in [6, 6.07) is 7.54. The van der Waals surface area contributed by atoms with Crippen molar-refractivity contribution in [2.75, 3.05) is 7.05 Å². The monoisotopic (exact) mass is 259 g/mol. The molecule has 0 unspecified atom stereocenters. The summed E-state index contributed by atoms with van der Waals surface area (Å²) in [4.78, 5) is 24.0. The molecule has 0 bridgehead atoms. The van der Waals surface area contributed by atoms with Crippen LogP contribution < -0.4 is 0 Å². The zero-order valence-electron chi connectivity index (χ0n) is 10.9. The molecule has 0 radical (unpaired) electrons. The van der Waals surface area contributed by atoms with Crippen molar-refractivity contribution in [3.05, 3.63) is 41.5 Å². The van der Waals surface area contributed by atoms with Crippen molar-refractivity contribution in [2.45, 2.75) is 19.4 Å². The fraction of sp³-hybridized carbons (Fsp3) is 0.333. The van der Waals surface area contributed by atoms with Crippen LogP contribution in [0.5, 0.6) is 0 Å². The Kier molecular flexibility index (Phi) is 4.00. The van der Waals surface area contributed by atoms with Crippen LogP contribution in [0.2, 0.25) is 0 Å². The topological polar surface area (TPSA) is 57.6 Å². The number of nitrogens with zero attached hydrogens (tertiary/aromatic N) is 1. The highest BCUT2D eigenvalue weighted by Crippen LogP contribution is 2.31. The quantitative estimate of drug-likeness (QED) is 0.824. The highest BCUT2D eigenvalue weighted by molar-refractivity contribution is 5.85. The second-order valence-electron chi connectivity index (χ2n) is 4.89.